The molecule has 0 saturated heterocycles. The van der Waals surface area contributed by atoms with Gasteiger partial charge in [-0.1, -0.05) is 49.2 Å². The van der Waals surface area contributed by atoms with Gasteiger partial charge in [-0.05, 0) is 13.3 Å². The summed E-state index contributed by atoms with van der Waals surface area (Å²) in [6, 6.07) is 10.0. The molecule has 2 heteroatoms. The quantitative estimate of drug-likeness (QED) is 0.615. The number of ketones is 1. The van der Waals surface area contributed by atoms with Crippen molar-refractivity contribution in [2.75, 3.05) is 0 Å². The summed E-state index contributed by atoms with van der Waals surface area (Å²) in [5.41, 5.74) is 0.908. The Morgan fingerprint density at radius 2 is 1.87 bits per heavy atom. The first-order valence-electron chi connectivity index (χ1n) is 4.99. The second-order valence-corrected chi connectivity index (χ2v) is 3.88. The zero-order valence-electron chi connectivity index (χ0n) is 9.25. The molecule has 1 rings (SSSR count). The van der Waals surface area contributed by atoms with Gasteiger partial charge in [0.1, 0.15) is 5.78 Å². The molecule has 1 nitrogen and oxygen atoms in total. The van der Waals surface area contributed by atoms with Crippen LogP contribution in [0.25, 0.3) is 0 Å². The van der Waals surface area contributed by atoms with Crippen molar-refractivity contribution in [3.63, 3.8) is 0 Å². The van der Waals surface area contributed by atoms with Gasteiger partial charge in [-0.3, -0.25) is 0 Å². The van der Waals surface area contributed by atoms with Gasteiger partial charge in [-0.15, -0.1) is 5.41 Å². The molecule has 0 aliphatic rings. The van der Waals surface area contributed by atoms with E-state index in [9.17, 15) is 4.79 Å². The van der Waals surface area contributed by atoms with Crippen LogP contribution in [-0.4, -0.2) is 5.78 Å². The Labute approximate surface area is 105 Å². The number of Topliss-reactive ketones (excluding diaryl/α,β-unsaturated/α-hetero) is 1. The predicted octanol–water partition coefficient (Wildman–Crippen LogP) is 3.15. The molecule has 0 unspecified atom stereocenters. The van der Waals surface area contributed by atoms with E-state index in [1.165, 1.54) is 0 Å². The van der Waals surface area contributed by atoms with E-state index < -0.39 is 0 Å². The summed E-state index contributed by atoms with van der Waals surface area (Å²) in [5.74, 6) is 0.200. The topological polar surface area (TPSA) is 17.1 Å². The zero-order valence-corrected chi connectivity index (χ0v) is 10.9. The van der Waals surface area contributed by atoms with E-state index >= 15 is 0 Å². The smallest absolute Gasteiger partial charge is 0.128 e. The SMILES string of the molecule is [CH2-][C@@](CC)(CC(C)=O)c1ccccc1.[Rh]. The van der Waals surface area contributed by atoms with Crippen molar-refractivity contribution in [3.05, 3.63) is 42.8 Å². The van der Waals surface area contributed by atoms with Crippen molar-refractivity contribution in [1.82, 2.24) is 0 Å². The van der Waals surface area contributed by atoms with Crippen molar-refractivity contribution in [3.8, 4) is 0 Å². The molecule has 0 heterocycles. The van der Waals surface area contributed by atoms with Crippen LogP contribution in [0.2, 0.25) is 0 Å². The van der Waals surface area contributed by atoms with E-state index in [0.29, 0.717) is 6.42 Å². The Morgan fingerprint density at radius 1 is 1.33 bits per heavy atom. The van der Waals surface area contributed by atoms with Crippen LogP contribution in [0, 0.1) is 6.92 Å². The van der Waals surface area contributed by atoms with Crippen LogP contribution in [0.15, 0.2) is 30.3 Å². The number of rotatable bonds is 4. The van der Waals surface area contributed by atoms with Crippen molar-refractivity contribution >= 4 is 5.78 Å². The molecule has 1 radical (unpaired) electrons. The Hall–Kier alpha value is -0.487. The molecule has 0 aliphatic heterocycles. The van der Waals surface area contributed by atoms with Crippen LogP contribution in [0.4, 0.5) is 0 Å². The molecule has 0 fully saturated rings. The van der Waals surface area contributed by atoms with Gasteiger partial charge < -0.3 is 11.7 Å². The Balaban J connectivity index is 0.00000196. The molecule has 0 aromatic heterocycles. The fraction of sp³-hybridized carbons (Fsp3) is 0.385. The summed E-state index contributed by atoms with van der Waals surface area (Å²) in [7, 11) is 0. The van der Waals surface area contributed by atoms with Gasteiger partial charge >= 0.3 is 0 Å². The number of carbonyl (C=O) groups excluding carboxylic acids is 1. The maximum atomic E-state index is 11.2. The van der Waals surface area contributed by atoms with Gasteiger partial charge in [-0.2, -0.15) is 0 Å². The van der Waals surface area contributed by atoms with Crippen molar-refractivity contribution in [1.29, 1.82) is 0 Å². The monoisotopic (exact) mass is 292 g/mol. The third-order valence-electron chi connectivity index (χ3n) is 2.65. The number of carbonyl (C=O) groups is 1. The molecule has 0 amide bonds. The summed E-state index contributed by atoms with van der Waals surface area (Å²) in [5, 5.41) is 0. The van der Waals surface area contributed by atoms with Gasteiger partial charge in [0, 0.05) is 19.5 Å². The standard InChI is InChI=1S/C13H17O.Rh/c1-4-13(3,10-11(2)14)12-8-6-5-7-9-12;/h5-9H,3-4,10H2,1-2H3;/q-1;/t13-;/m1./s1. The number of hydrogen-bond acceptors (Lipinski definition) is 1. The molecule has 85 valence electrons. The third-order valence-corrected chi connectivity index (χ3v) is 2.65. The average molecular weight is 292 g/mol. The largest absolute Gasteiger partial charge is 0.333 e. The molecule has 0 bridgehead atoms. The van der Waals surface area contributed by atoms with Gasteiger partial charge in [-0.25, -0.2) is 0 Å². The normalized spacial score (nSPS) is 13.8. The maximum Gasteiger partial charge on any atom is 0.128 e. The minimum atomic E-state index is -0.243. The van der Waals surface area contributed by atoms with Crippen LogP contribution in [-0.2, 0) is 29.7 Å². The van der Waals surface area contributed by atoms with Gasteiger partial charge in [0.05, 0.1) is 0 Å². The molecule has 0 saturated carbocycles. The molecular formula is C13H17ORh-. The fourth-order valence-electron chi connectivity index (χ4n) is 1.70. The first-order chi connectivity index (χ1) is 6.58. The first-order valence-corrected chi connectivity index (χ1v) is 4.99. The number of hydrogen-bond donors (Lipinski definition) is 0. The molecule has 0 spiro atoms. The summed E-state index contributed by atoms with van der Waals surface area (Å²) in [6.45, 7) is 7.87. The van der Waals surface area contributed by atoms with Crippen LogP contribution in [0.5, 0.6) is 0 Å². The second kappa shape index (κ2) is 6.17. The van der Waals surface area contributed by atoms with Crippen molar-refractivity contribution < 1.29 is 24.3 Å². The summed E-state index contributed by atoms with van der Waals surface area (Å²) in [6.07, 6.45) is 1.41. The number of benzene rings is 1. The van der Waals surface area contributed by atoms with Crippen LogP contribution < -0.4 is 0 Å². The fourth-order valence-corrected chi connectivity index (χ4v) is 1.70. The molecule has 1 atom stereocenters. The van der Waals surface area contributed by atoms with E-state index in [1.807, 2.05) is 30.3 Å². The van der Waals surface area contributed by atoms with Gasteiger partial charge in [0.25, 0.3) is 0 Å². The molecule has 1 aromatic rings. The first kappa shape index (κ1) is 14.5. The van der Waals surface area contributed by atoms with E-state index in [-0.39, 0.29) is 30.7 Å². The Bertz CT molecular complexity index is 308. The molecule has 0 N–H and O–H groups in total. The van der Waals surface area contributed by atoms with Crippen molar-refractivity contribution in [2.24, 2.45) is 0 Å². The van der Waals surface area contributed by atoms with Gasteiger partial charge in [0.2, 0.25) is 0 Å². The summed E-state index contributed by atoms with van der Waals surface area (Å²) < 4.78 is 0. The Kier molecular flexibility index (Phi) is 5.97. The van der Waals surface area contributed by atoms with Crippen LogP contribution in [0.3, 0.4) is 0 Å². The minimum absolute atomic E-state index is 0. The third kappa shape index (κ3) is 3.87. The average Bonchev–Trinajstić information content (AvgIpc) is 2.18. The molecule has 15 heavy (non-hydrogen) atoms. The summed E-state index contributed by atoms with van der Waals surface area (Å²) in [4.78, 5) is 11.2. The van der Waals surface area contributed by atoms with E-state index in [0.717, 1.165) is 12.0 Å². The Morgan fingerprint density at radius 3 is 2.27 bits per heavy atom. The second-order valence-electron chi connectivity index (χ2n) is 3.88. The van der Waals surface area contributed by atoms with Crippen LogP contribution in [0.1, 0.15) is 32.3 Å². The van der Waals surface area contributed by atoms with E-state index in [2.05, 4.69) is 13.8 Å². The minimum Gasteiger partial charge on any atom is -0.333 e. The zero-order chi connectivity index (χ0) is 10.6. The van der Waals surface area contributed by atoms with E-state index in [4.69, 9.17) is 0 Å². The van der Waals surface area contributed by atoms with Crippen LogP contribution >= 0.6 is 0 Å². The van der Waals surface area contributed by atoms with Gasteiger partial charge in [0.15, 0.2) is 0 Å². The molecular weight excluding hydrogens is 275 g/mol. The maximum absolute atomic E-state index is 11.2. The predicted molar refractivity (Wildman–Crippen MR) is 59.1 cm³/mol. The summed E-state index contributed by atoms with van der Waals surface area (Å²) >= 11 is 0. The van der Waals surface area contributed by atoms with E-state index in [1.54, 1.807) is 6.92 Å². The van der Waals surface area contributed by atoms with Crippen molar-refractivity contribution in [2.45, 2.75) is 32.1 Å². The molecule has 0 aliphatic carbocycles. The molecule has 1 aromatic carbocycles.